The predicted octanol–water partition coefficient (Wildman–Crippen LogP) is 3.37. The van der Waals surface area contributed by atoms with Gasteiger partial charge in [-0.3, -0.25) is 9.69 Å². The zero-order valence-corrected chi connectivity index (χ0v) is 20.0. The molecule has 0 radical (unpaired) electrons. The molecule has 2 fully saturated rings. The van der Waals surface area contributed by atoms with Crippen molar-refractivity contribution >= 4 is 15.9 Å². The number of sulfonamides is 1. The normalized spacial score (nSPS) is 23.4. The fraction of sp³-hybridized carbons (Fsp3) is 0.682. The van der Waals surface area contributed by atoms with Crippen LogP contribution in [-0.4, -0.2) is 68.2 Å². The Morgan fingerprint density at radius 2 is 1.52 bits per heavy atom. The first-order valence-corrected chi connectivity index (χ1v) is 12.6. The SMILES string of the molecule is CC(C)(C)N1CCN(C(=O)[C@H]2CC[C@H](NS(=O)(=O)c3ccc(OC(F)(F)F)cc3)CC2)CC1. The third-order valence-electron chi connectivity index (χ3n) is 6.31. The molecule has 1 aliphatic carbocycles. The molecule has 1 saturated heterocycles. The summed E-state index contributed by atoms with van der Waals surface area (Å²) < 4.78 is 68.4. The van der Waals surface area contributed by atoms with E-state index < -0.39 is 22.1 Å². The third-order valence-corrected chi connectivity index (χ3v) is 7.84. The number of hydrogen-bond acceptors (Lipinski definition) is 5. The largest absolute Gasteiger partial charge is 0.573 e. The van der Waals surface area contributed by atoms with Gasteiger partial charge in [0.1, 0.15) is 5.75 Å². The molecule has 1 aliphatic heterocycles. The van der Waals surface area contributed by atoms with Crippen LogP contribution in [0, 0.1) is 5.92 Å². The van der Waals surface area contributed by atoms with Gasteiger partial charge < -0.3 is 9.64 Å². The minimum absolute atomic E-state index is 0.0794. The van der Waals surface area contributed by atoms with E-state index in [0.29, 0.717) is 38.8 Å². The molecule has 1 aromatic carbocycles. The number of carbonyl (C=O) groups excluding carboxylic acids is 1. The van der Waals surface area contributed by atoms with Gasteiger partial charge in [0.2, 0.25) is 15.9 Å². The Kier molecular flexibility index (Phi) is 7.65. The number of halogens is 3. The number of alkyl halides is 3. The Hall–Kier alpha value is -1.85. The van der Waals surface area contributed by atoms with Crippen LogP contribution in [0.4, 0.5) is 13.2 Å². The molecule has 1 N–H and O–H groups in total. The maximum atomic E-state index is 12.9. The summed E-state index contributed by atoms with van der Waals surface area (Å²) in [6.45, 7) is 9.59. The summed E-state index contributed by atoms with van der Waals surface area (Å²) >= 11 is 0. The van der Waals surface area contributed by atoms with Crippen molar-refractivity contribution < 1.29 is 31.1 Å². The van der Waals surface area contributed by atoms with Crippen LogP contribution in [-0.2, 0) is 14.8 Å². The molecule has 1 aromatic rings. The summed E-state index contributed by atoms with van der Waals surface area (Å²) in [4.78, 5) is 17.1. The molecule has 0 aromatic heterocycles. The molecule has 2 aliphatic rings. The number of benzene rings is 1. The molecule has 11 heteroatoms. The van der Waals surface area contributed by atoms with E-state index >= 15 is 0 Å². The lowest BCUT2D eigenvalue weighted by Gasteiger charge is -2.43. The van der Waals surface area contributed by atoms with Crippen molar-refractivity contribution in [3.05, 3.63) is 24.3 Å². The van der Waals surface area contributed by atoms with Gasteiger partial charge in [-0.15, -0.1) is 13.2 Å². The van der Waals surface area contributed by atoms with E-state index in [-0.39, 0.29) is 28.3 Å². The molecule has 186 valence electrons. The molecule has 1 amide bonds. The highest BCUT2D eigenvalue weighted by atomic mass is 32.2. The maximum absolute atomic E-state index is 12.9. The lowest BCUT2D eigenvalue weighted by Crippen LogP contribution is -2.55. The molecular formula is C22H32F3N3O4S. The van der Waals surface area contributed by atoms with Gasteiger partial charge in [-0.05, 0) is 70.7 Å². The minimum Gasteiger partial charge on any atom is -0.406 e. The van der Waals surface area contributed by atoms with Crippen molar-refractivity contribution in [2.24, 2.45) is 5.92 Å². The van der Waals surface area contributed by atoms with Gasteiger partial charge in [-0.25, -0.2) is 13.1 Å². The number of nitrogens with zero attached hydrogens (tertiary/aromatic N) is 2. The maximum Gasteiger partial charge on any atom is 0.573 e. The Labute approximate surface area is 193 Å². The quantitative estimate of drug-likeness (QED) is 0.684. The second-order valence-electron chi connectivity index (χ2n) is 9.67. The van der Waals surface area contributed by atoms with Crippen LogP contribution in [0.3, 0.4) is 0 Å². The molecular weight excluding hydrogens is 459 g/mol. The summed E-state index contributed by atoms with van der Waals surface area (Å²) in [7, 11) is -3.89. The fourth-order valence-electron chi connectivity index (χ4n) is 4.42. The van der Waals surface area contributed by atoms with Gasteiger partial charge in [-0.2, -0.15) is 0 Å². The first-order valence-electron chi connectivity index (χ1n) is 11.2. The summed E-state index contributed by atoms with van der Waals surface area (Å²) in [6, 6.07) is 3.78. The van der Waals surface area contributed by atoms with Crippen LogP contribution in [0.15, 0.2) is 29.2 Å². The van der Waals surface area contributed by atoms with Crippen molar-refractivity contribution in [1.29, 1.82) is 0 Å². The molecule has 3 rings (SSSR count). The van der Waals surface area contributed by atoms with Crippen molar-refractivity contribution in [1.82, 2.24) is 14.5 Å². The number of rotatable bonds is 5. The van der Waals surface area contributed by atoms with Gasteiger partial charge in [0, 0.05) is 43.7 Å². The molecule has 0 unspecified atom stereocenters. The van der Waals surface area contributed by atoms with Crippen LogP contribution in [0.2, 0.25) is 0 Å². The summed E-state index contributed by atoms with van der Waals surface area (Å²) in [5.41, 5.74) is 0.0794. The standard InChI is InChI=1S/C22H32F3N3O4S/c1-21(2,3)28-14-12-27(13-15-28)20(29)16-4-6-17(7-5-16)26-33(30,31)19-10-8-18(9-11-19)32-22(23,24)25/h8-11,16-17,26H,4-7,12-15H2,1-3H3/t16-,17-. The van der Waals surface area contributed by atoms with Gasteiger partial charge in [0.05, 0.1) is 4.90 Å². The number of ether oxygens (including phenoxy) is 1. The highest BCUT2D eigenvalue weighted by molar-refractivity contribution is 7.89. The number of hydrogen-bond donors (Lipinski definition) is 1. The van der Waals surface area contributed by atoms with E-state index in [2.05, 4.69) is 35.1 Å². The zero-order chi connectivity index (χ0) is 24.4. The Morgan fingerprint density at radius 3 is 2.00 bits per heavy atom. The molecule has 0 atom stereocenters. The van der Waals surface area contributed by atoms with Gasteiger partial charge in [0.15, 0.2) is 0 Å². The van der Waals surface area contributed by atoms with Crippen molar-refractivity contribution in [3.63, 3.8) is 0 Å². The number of amides is 1. The monoisotopic (exact) mass is 491 g/mol. The van der Waals surface area contributed by atoms with E-state index in [1.54, 1.807) is 0 Å². The van der Waals surface area contributed by atoms with Crippen molar-refractivity contribution in [2.75, 3.05) is 26.2 Å². The van der Waals surface area contributed by atoms with E-state index in [1.807, 2.05) is 4.90 Å². The third kappa shape index (κ3) is 7.07. The first-order chi connectivity index (χ1) is 15.2. The molecule has 0 spiro atoms. The topological polar surface area (TPSA) is 79.0 Å². The predicted molar refractivity (Wildman–Crippen MR) is 117 cm³/mol. The number of piperazine rings is 1. The van der Waals surface area contributed by atoms with Crippen LogP contribution in [0.1, 0.15) is 46.5 Å². The van der Waals surface area contributed by atoms with Crippen molar-refractivity contribution in [2.45, 2.75) is 69.3 Å². The van der Waals surface area contributed by atoms with E-state index in [4.69, 9.17) is 0 Å². The lowest BCUT2D eigenvalue weighted by atomic mass is 9.85. The van der Waals surface area contributed by atoms with Crippen LogP contribution < -0.4 is 9.46 Å². The summed E-state index contributed by atoms with van der Waals surface area (Å²) in [6.07, 6.45) is -2.57. The smallest absolute Gasteiger partial charge is 0.406 e. The number of carbonyl (C=O) groups is 1. The number of nitrogens with one attached hydrogen (secondary N) is 1. The second kappa shape index (κ2) is 9.79. The molecule has 1 saturated carbocycles. The summed E-state index contributed by atoms with van der Waals surface area (Å²) in [5.74, 6) is -0.445. The molecule has 1 heterocycles. The van der Waals surface area contributed by atoms with Gasteiger partial charge in [-0.1, -0.05) is 0 Å². The second-order valence-corrected chi connectivity index (χ2v) is 11.4. The average Bonchev–Trinajstić information content (AvgIpc) is 2.72. The van der Waals surface area contributed by atoms with Crippen LogP contribution in [0.5, 0.6) is 5.75 Å². The average molecular weight is 492 g/mol. The Balaban J connectivity index is 1.49. The highest BCUT2D eigenvalue weighted by Gasteiger charge is 2.34. The van der Waals surface area contributed by atoms with E-state index in [9.17, 15) is 26.4 Å². The molecule has 7 nitrogen and oxygen atoms in total. The highest BCUT2D eigenvalue weighted by Crippen LogP contribution is 2.29. The molecule has 0 bridgehead atoms. The van der Waals surface area contributed by atoms with Crippen molar-refractivity contribution in [3.8, 4) is 5.75 Å². The van der Waals surface area contributed by atoms with Gasteiger partial charge >= 0.3 is 6.36 Å². The fourth-order valence-corrected chi connectivity index (χ4v) is 5.73. The Morgan fingerprint density at radius 1 is 0.970 bits per heavy atom. The van der Waals surface area contributed by atoms with Crippen LogP contribution in [0.25, 0.3) is 0 Å². The Bertz CT molecular complexity index is 914. The molecule has 33 heavy (non-hydrogen) atoms. The summed E-state index contributed by atoms with van der Waals surface area (Å²) in [5, 5.41) is 0. The lowest BCUT2D eigenvalue weighted by molar-refractivity contribution is -0.274. The van der Waals surface area contributed by atoms with Gasteiger partial charge in [0.25, 0.3) is 0 Å². The zero-order valence-electron chi connectivity index (χ0n) is 19.2. The first kappa shape index (κ1) is 25.8. The van der Waals surface area contributed by atoms with Crippen LogP contribution >= 0.6 is 0 Å². The van der Waals surface area contributed by atoms with E-state index in [1.165, 1.54) is 0 Å². The van der Waals surface area contributed by atoms with E-state index in [0.717, 1.165) is 37.4 Å². The minimum atomic E-state index is -4.84.